The molecule has 1 aromatic heterocycles. The lowest BCUT2D eigenvalue weighted by Gasteiger charge is -2.27. The van der Waals surface area contributed by atoms with E-state index < -0.39 is 23.5 Å². The van der Waals surface area contributed by atoms with Gasteiger partial charge >= 0.3 is 0 Å². The summed E-state index contributed by atoms with van der Waals surface area (Å²) in [6, 6.07) is 15.4. The van der Waals surface area contributed by atoms with Crippen LogP contribution in [0.15, 0.2) is 74.8 Å². The molecule has 6 nitrogen and oxygen atoms in total. The van der Waals surface area contributed by atoms with Gasteiger partial charge in [-0.2, -0.15) is 0 Å². The Bertz CT molecular complexity index is 1110. The first kappa shape index (κ1) is 20.4. The van der Waals surface area contributed by atoms with Gasteiger partial charge < -0.3 is 19.3 Å². The van der Waals surface area contributed by atoms with Gasteiger partial charge in [0.25, 0.3) is 0 Å². The van der Waals surface area contributed by atoms with Gasteiger partial charge in [0.15, 0.2) is 5.76 Å². The van der Waals surface area contributed by atoms with Crippen molar-refractivity contribution in [3.05, 3.63) is 81.7 Å². The molecule has 1 amide bonds. The normalized spacial score (nSPS) is 16.9. The number of benzene rings is 2. The maximum absolute atomic E-state index is 13.4. The lowest BCUT2D eigenvalue weighted by atomic mass is 9.95. The molecule has 0 saturated carbocycles. The van der Waals surface area contributed by atoms with Gasteiger partial charge in [-0.3, -0.25) is 9.59 Å². The second kappa shape index (κ2) is 8.08. The predicted molar refractivity (Wildman–Crippen MR) is 114 cm³/mol. The summed E-state index contributed by atoms with van der Waals surface area (Å²) >= 11 is 3.40. The number of quaternary nitrogens is 1. The summed E-state index contributed by atoms with van der Waals surface area (Å²) in [5.41, 5.74) is 1.22. The third kappa shape index (κ3) is 3.66. The molecule has 0 radical (unpaired) electrons. The van der Waals surface area contributed by atoms with Crippen LogP contribution in [0, 0.1) is 0 Å². The van der Waals surface area contributed by atoms with E-state index in [1.165, 1.54) is 4.90 Å². The molecule has 0 fully saturated rings. The van der Waals surface area contributed by atoms with Crippen LogP contribution < -0.4 is 10.0 Å². The number of nitrogens with zero attached hydrogens (tertiary/aromatic N) is 1. The minimum absolute atomic E-state index is 0.0601. The van der Waals surface area contributed by atoms with Crippen molar-refractivity contribution >= 4 is 38.6 Å². The third-order valence-corrected chi connectivity index (χ3v) is 5.75. The lowest BCUT2D eigenvalue weighted by molar-refractivity contribution is -0.857. The van der Waals surface area contributed by atoms with E-state index in [9.17, 15) is 14.7 Å². The number of ketones is 1. The van der Waals surface area contributed by atoms with Gasteiger partial charge in [0, 0.05) is 15.4 Å². The molecule has 3 aromatic rings. The number of amides is 1. The van der Waals surface area contributed by atoms with E-state index in [4.69, 9.17) is 4.42 Å². The van der Waals surface area contributed by atoms with Crippen LogP contribution in [0.1, 0.15) is 22.2 Å². The first-order valence-electron chi connectivity index (χ1n) is 9.66. The highest BCUT2D eigenvalue weighted by Gasteiger charge is 2.40. The summed E-state index contributed by atoms with van der Waals surface area (Å²) in [5, 5.41) is 13.7. The molecule has 0 bridgehead atoms. The second-order valence-electron chi connectivity index (χ2n) is 7.63. The smallest absolute Gasteiger partial charge is 0.240 e. The zero-order valence-corrected chi connectivity index (χ0v) is 18.2. The Morgan fingerprint density at radius 2 is 1.87 bits per heavy atom. The van der Waals surface area contributed by atoms with Crippen molar-refractivity contribution < 1.29 is 24.0 Å². The molecule has 2 heterocycles. The fourth-order valence-corrected chi connectivity index (χ4v) is 3.93. The lowest BCUT2D eigenvalue weighted by Crippen LogP contribution is -3.06. The van der Waals surface area contributed by atoms with Crippen LogP contribution in [0.25, 0.3) is 11.0 Å². The molecule has 30 heavy (non-hydrogen) atoms. The molecule has 1 atom stereocenters. The maximum atomic E-state index is 13.4. The summed E-state index contributed by atoms with van der Waals surface area (Å²) in [7, 11) is 3.95. The fraction of sp³-hybridized carbons (Fsp3) is 0.217. The second-order valence-corrected chi connectivity index (χ2v) is 8.55. The molecule has 1 aliphatic rings. The standard InChI is InChI=1S/C23H21BrN2O4/c1-25(2)11-12-26-20(14-7-9-16(24)10-8-14)19(22(28)23(26)29)21(27)18-13-15-5-3-4-6-17(15)30-18/h3-10,13,20,28H,11-12H2,1-2H3. The van der Waals surface area contributed by atoms with Crippen LogP contribution >= 0.6 is 15.9 Å². The van der Waals surface area contributed by atoms with Crippen LogP contribution in [0.5, 0.6) is 0 Å². The Labute approximate surface area is 182 Å². The van der Waals surface area contributed by atoms with Crippen molar-refractivity contribution in [2.75, 3.05) is 27.2 Å². The monoisotopic (exact) mass is 468 g/mol. The topological polar surface area (TPSA) is 78.0 Å². The molecule has 154 valence electrons. The van der Waals surface area contributed by atoms with E-state index in [-0.39, 0.29) is 11.3 Å². The largest absolute Gasteiger partial charge is 0.868 e. The molecule has 0 saturated heterocycles. The van der Waals surface area contributed by atoms with Crippen molar-refractivity contribution in [2.24, 2.45) is 0 Å². The predicted octanol–water partition coefficient (Wildman–Crippen LogP) is 1.72. The number of Topliss-reactive ketones (excluding diaryl/α,β-unsaturated/α-hetero) is 1. The molecule has 1 aliphatic heterocycles. The summed E-state index contributed by atoms with van der Waals surface area (Å²) in [6.07, 6.45) is 0. The van der Waals surface area contributed by atoms with Gasteiger partial charge in [-0.1, -0.05) is 46.3 Å². The van der Waals surface area contributed by atoms with Crippen molar-refractivity contribution in [3.8, 4) is 0 Å². The number of carbonyl (C=O) groups excluding carboxylic acids is 2. The highest BCUT2D eigenvalue weighted by molar-refractivity contribution is 9.10. The zero-order chi connectivity index (χ0) is 21.4. The van der Waals surface area contributed by atoms with Crippen LogP contribution in [-0.4, -0.2) is 43.8 Å². The van der Waals surface area contributed by atoms with Crippen LogP contribution in [0.4, 0.5) is 0 Å². The molecule has 0 aliphatic carbocycles. The Kier molecular flexibility index (Phi) is 5.49. The Morgan fingerprint density at radius 3 is 2.53 bits per heavy atom. The summed E-state index contributed by atoms with van der Waals surface area (Å²) < 4.78 is 6.57. The van der Waals surface area contributed by atoms with Crippen molar-refractivity contribution in [1.82, 2.24) is 4.90 Å². The average Bonchev–Trinajstić information content (AvgIpc) is 3.26. The number of halogens is 1. The first-order valence-corrected chi connectivity index (χ1v) is 10.5. The minimum atomic E-state index is -0.762. The zero-order valence-electron chi connectivity index (χ0n) is 16.6. The number of para-hydroxylation sites is 1. The minimum Gasteiger partial charge on any atom is -0.868 e. The molecule has 4 rings (SSSR count). The van der Waals surface area contributed by atoms with Gasteiger partial charge in [-0.25, -0.2) is 0 Å². The fourth-order valence-electron chi connectivity index (χ4n) is 3.66. The van der Waals surface area contributed by atoms with Crippen LogP contribution in [-0.2, 0) is 4.79 Å². The highest BCUT2D eigenvalue weighted by Crippen LogP contribution is 2.38. The van der Waals surface area contributed by atoms with Crippen molar-refractivity contribution in [3.63, 3.8) is 0 Å². The summed E-state index contributed by atoms with van der Waals surface area (Å²) in [5.74, 6) is -1.89. The Morgan fingerprint density at radius 1 is 1.17 bits per heavy atom. The molecular weight excluding hydrogens is 448 g/mol. The van der Waals surface area contributed by atoms with E-state index in [1.54, 1.807) is 12.1 Å². The van der Waals surface area contributed by atoms with Crippen LogP contribution in [0.2, 0.25) is 0 Å². The quantitative estimate of drug-likeness (QED) is 0.558. The van der Waals surface area contributed by atoms with E-state index in [0.717, 1.165) is 14.8 Å². The molecule has 0 spiro atoms. The van der Waals surface area contributed by atoms with Gasteiger partial charge in [0.1, 0.15) is 5.58 Å². The number of hydrogen-bond donors (Lipinski definition) is 1. The SMILES string of the molecule is C[NH+](C)CCN1C(=O)C([O-])=C(C(=O)c2cc3ccccc3o2)C1c1ccc(Br)cc1. The van der Waals surface area contributed by atoms with E-state index in [1.807, 2.05) is 56.6 Å². The first-order chi connectivity index (χ1) is 14.4. The molecule has 7 heteroatoms. The molecular formula is C23H21BrN2O4. The number of fused-ring (bicyclic) bond motifs is 1. The maximum Gasteiger partial charge on any atom is 0.240 e. The van der Waals surface area contributed by atoms with Crippen LogP contribution in [0.3, 0.4) is 0 Å². The third-order valence-electron chi connectivity index (χ3n) is 5.22. The van der Waals surface area contributed by atoms with E-state index in [0.29, 0.717) is 24.2 Å². The van der Waals surface area contributed by atoms with E-state index in [2.05, 4.69) is 15.9 Å². The Balaban J connectivity index is 1.78. The summed E-state index contributed by atoms with van der Waals surface area (Å²) in [4.78, 5) is 28.8. The molecule has 2 aromatic carbocycles. The number of likely N-dealkylation sites (N-methyl/N-ethyl adjacent to an activating group) is 1. The van der Waals surface area contributed by atoms with Gasteiger partial charge in [0.2, 0.25) is 11.7 Å². The summed E-state index contributed by atoms with van der Waals surface area (Å²) in [6.45, 7) is 1.02. The number of furan rings is 1. The number of hydrogen-bond acceptors (Lipinski definition) is 4. The number of nitrogens with one attached hydrogen (secondary N) is 1. The van der Waals surface area contributed by atoms with Crippen molar-refractivity contribution in [1.29, 1.82) is 0 Å². The van der Waals surface area contributed by atoms with E-state index >= 15 is 0 Å². The number of carbonyl (C=O) groups is 2. The Hall–Kier alpha value is -2.90. The highest BCUT2D eigenvalue weighted by atomic mass is 79.9. The van der Waals surface area contributed by atoms with Gasteiger partial charge in [0.05, 0.1) is 33.2 Å². The van der Waals surface area contributed by atoms with Gasteiger partial charge in [-0.05, 0) is 35.6 Å². The molecule has 1 N–H and O–H groups in total. The molecule has 1 unspecified atom stereocenters. The average molecular weight is 469 g/mol. The van der Waals surface area contributed by atoms with Gasteiger partial charge in [-0.15, -0.1) is 0 Å². The number of rotatable bonds is 6. The van der Waals surface area contributed by atoms with Crippen molar-refractivity contribution in [2.45, 2.75) is 6.04 Å².